The Bertz CT molecular complexity index is 346. The fraction of sp³-hybridized carbons (Fsp3) is 0.429. The van der Waals surface area contributed by atoms with Gasteiger partial charge in [0.25, 0.3) is 0 Å². The second-order valence-corrected chi connectivity index (χ2v) is 4.14. The van der Waals surface area contributed by atoms with Crippen molar-refractivity contribution >= 4 is 0 Å². The number of benzene rings is 1. The highest BCUT2D eigenvalue weighted by atomic mass is 16.5. The normalized spacial score (nSPS) is 12.2. The molecular weight excluding hydrogens is 198 g/mol. The molecule has 0 spiro atoms. The number of nitrogens with one attached hydrogen (secondary N) is 1. The minimum Gasteiger partial charge on any atom is -0.494 e. The van der Waals surface area contributed by atoms with Crippen molar-refractivity contribution in [3.63, 3.8) is 0 Å². The Hall–Kier alpha value is -1.28. The summed E-state index contributed by atoms with van der Waals surface area (Å²) in [7, 11) is 1.95. The van der Waals surface area contributed by atoms with Gasteiger partial charge >= 0.3 is 0 Å². The standard InChI is InChI=1S/C14H21NO/c1-11(2)14(15-4)8-9-16-13-7-5-6-12(3)10-13/h5-7,10,14-15H,1,8-9H2,2-4H3. The van der Waals surface area contributed by atoms with Crippen LogP contribution in [0, 0.1) is 6.92 Å². The van der Waals surface area contributed by atoms with Crippen molar-refractivity contribution in [2.75, 3.05) is 13.7 Å². The first-order valence-corrected chi connectivity index (χ1v) is 5.65. The lowest BCUT2D eigenvalue weighted by atomic mass is 10.1. The molecule has 0 saturated heterocycles. The summed E-state index contributed by atoms with van der Waals surface area (Å²) < 4.78 is 5.69. The number of hydrogen-bond donors (Lipinski definition) is 1. The fourth-order valence-electron chi connectivity index (χ4n) is 1.64. The highest BCUT2D eigenvalue weighted by Crippen LogP contribution is 2.13. The van der Waals surface area contributed by atoms with Crippen LogP contribution in [-0.2, 0) is 0 Å². The molecule has 0 amide bonds. The van der Waals surface area contributed by atoms with Crippen LogP contribution in [0.4, 0.5) is 0 Å². The van der Waals surface area contributed by atoms with Gasteiger partial charge in [-0.3, -0.25) is 0 Å². The Morgan fingerprint density at radius 1 is 1.50 bits per heavy atom. The summed E-state index contributed by atoms with van der Waals surface area (Å²) in [5.74, 6) is 0.941. The monoisotopic (exact) mass is 219 g/mol. The van der Waals surface area contributed by atoms with Crippen molar-refractivity contribution in [1.29, 1.82) is 0 Å². The summed E-state index contributed by atoms with van der Waals surface area (Å²) in [6.07, 6.45) is 0.944. The Balaban J connectivity index is 2.38. The van der Waals surface area contributed by atoms with E-state index >= 15 is 0 Å². The highest BCUT2D eigenvalue weighted by Gasteiger charge is 2.06. The van der Waals surface area contributed by atoms with Crippen molar-refractivity contribution in [2.45, 2.75) is 26.3 Å². The summed E-state index contributed by atoms with van der Waals surface area (Å²) in [6.45, 7) is 8.76. The van der Waals surface area contributed by atoms with E-state index in [0.29, 0.717) is 12.6 Å². The molecule has 1 unspecified atom stereocenters. The summed E-state index contributed by atoms with van der Waals surface area (Å²) in [5, 5.41) is 3.22. The first-order chi connectivity index (χ1) is 7.63. The van der Waals surface area contributed by atoms with Gasteiger partial charge in [-0.25, -0.2) is 0 Å². The maximum atomic E-state index is 5.69. The van der Waals surface area contributed by atoms with Gasteiger partial charge in [0.15, 0.2) is 0 Å². The molecular formula is C14H21NO. The van der Waals surface area contributed by atoms with Crippen LogP contribution in [0.2, 0.25) is 0 Å². The summed E-state index contributed by atoms with van der Waals surface area (Å²) >= 11 is 0. The van der Waals surface area contributed by atoms with Crippen molar-refractivity contribution in [1.82, 2.24) is 5.32 Å². The number of rotatable bonds is 6. The van der Waals surface area contributed by atoms with E-state index in [9.17, 15) is 0 Å². The molecule has 1 aromatic rings. The molecule has 2 heteroatoms. The predicted molar refractivity (Wildman–Crippen MR) is 69.0 cm³/mol. The molecule has 0 heterocycles. The number of likely N-dealkylation sites (N-methyl/N-ethyl adjacent to an activating group) is 1. The van der Waals surface area contributed by atoms with Crippen LogP contribution in [-0.4, -0.2) is 19.7 Å². The average molecular weight is 219 g/mol. The Morgan fingerprint density at radius 3 is 2.81 bits per heavy atom. The molecule has 1 N–H and O–H groups in total. The third-order valence-electron chi connectivity index (χ3n) is 2.61. The topological polar surface area (TPSA) is 21.3 Å². The largest absolute Gasteiger partial charge is 0.494 e. The molecule has 1 rings (SSSR count). The van der Waals surface area contributed by atoms with Gasteiger partial charge < -0.3 is 10.1 Å². The molecule has 0 saturated carbocycles. The predicted octanol–water partition coefficient (Wildman–Crippen LogP) is 2.93. The van der Waals surface area contributed by atoms with E-state index in [-0.39, 0.29) is 0 Å². The third-order valence-corrected chi connectivity index (χ3v) is 2.61. The third kappa shape index (κ3) is 4.07. The number of aryl methyl sites for hydroxylation is 1. The second-order valence-electron chi connectivity index (χ2n) is 4.14. The maximum absolute atomic E-state index is 5.69. The molecule has 0 aliphatic carbocycles. The van der Waals surface area contributed by atoms with Crippen LogP contribution in [0.25, 0.3) is 0 Å². The minimum absolute atomic E-state index is 0.338. The SMILES string of the molecule is C=C(C)C(CCOc1cccc(C)c1)NC. The van der Waals surface area contributed by atoms with Gasteiger partial charge in [-0.1, -0.05) is 24.3 Å². The Kier molecular flexibility index (Phi) is 5.06. The van der Waals surface area contributed by atoms with Crippen molar-refractivity contribution in [2.24, 2.45) is 0 Å². The lowest BCUT2D eigenvalue weighted by molar-refractivity contribution is 0.296. The van der Waals surface area contributed by atoms with Gasteiger partial charge in [0.2, 0.25) is 0 Å². The van der Waals surface area contributed by atoms with Crippen molar-refractivity contribution in [3.05, 3.63) is 42.0 Å². The lowest BCUT2D eigenvalue weighted by Gasteiger charge is -2.16. The molecule has 16 heavy (non-hydrogen) atoms. The molecule has 0 bridgehead atoms. The molecule has 88 valence electrons. The van der Waals surface area contributed by atoms with Crippen LogP contribution in [0.15, 0.2) is 36.4 Å². The van der Waals surface area contributed by atoms with Gasteiger partial charge in [0.05, 0.1) is 6.61 Å². The molecule has 0 aliphatic heterocycles. The molecule has 0 aliphatic rings. The summed E-state index contributed by atoms with van der Waals surface area (Å²) in [6, 6.07) is 8.46. The van der Waals surface area contributed by atoms with E-state index in [1.54, 1.807) is 0 Å². The molecule has 0 radical (unpaired) electrons. The lowest BCUT2D eigenvalue weighted by Crippen LogP contribution is -2.27. The minimum atomic E-state index is 0.338. The van der Waals surface area contributed by atoms with Crippen LogP contribution >= 0.6 is 0 Å². The summed E-state index contributed by atoms with van der Waals surface area (Å²) in [4.78, 5) is 0. The second kappa shape index (κ2) is 6.33. The van der Waals surface area contributed by atoms with Crippen LogP contribution in [0.5, 0.6) is 5.75 Å². The highest BCUT2D eigenvalue weighted by molar-refractivity contribution is 5.27. The zero-order valence-electron chi connectivity index (χ0n) is 10.4. The van der Waals surface area contributed by atoms with Gasteiger partial charge in [-0.05, 0) is 38.6 Å². The van der Waals surface area contributed by atoms with E-state index in [2.05, 4.69) is 31.0 Å². The smallest absolute Gasteiger partial charge is 0.119 e. The maximum Gasteiger partial charge on any atom is 0.119 e. The fourth-order valence-corrected chi connectivity index (χ4v) is 1.64. The van der Waals surface area contributed by atoms with E-state index in [4.69, 9.17) is 4.74 Å². The van der Waals surface area contributed by atoms with Gasteiger partial charge in [-0.15, -0.1) is 0 Å². The number of ether oxygens (including phenoxy) is 1. The van der Waals surface area contributed by atoms with Crippen molar-refractivity contribution in [3.8, 4) is 5.75 Å². The van der Waals surface area contributed by atoms with Gasteiger partial charge in [0, 0.05) is 12.5 Å². The van der Waals surface area contributed by atoms with Crippen molar-refractivity contribution < 1.29 is 4.74 Å². The molecule has 2 nitrogen and oxygen atoms in total. The number of hydrogen-bond acceptors (Lipinski definition) is 2. The molecule has 0 aromatic heterocycles. The van der Waals surface area contributed by atoms with Crippen LogP contribution in [0.1, 0.15) is 18.9 Å². The first kappa shape index (κ1) is 12.8. The zero-order chi connectivity index (χ0) is 12.0. The Labute approximate surface area is 98.3 Å². The zero-order valence-corrected chi connectivity index (χ0v) is 10.4. The summed E-state index contributed by atoms with van der Waals surface area (Å²) in [5.41, 5.74) is 2.37. The van der Waals surface area contributed by atoms with E-state index in [1.165, 1.54) is 5.56 Å². The average Bonchev–Trinajstić information content (AvgIpc) is 2.24. The van der Waals surface area contributed by atoms with E-state index < -0.39 is 0 Å². The van der Waals surface area contributed by atoms with E-state index in [0.717, 1.165) is 17.7 Å². The van der Waals surface area contributed by atoms with E-state index in [1.807, 2.05) is 26.1 Å². The van der Waals surface area contributed by atoms with Crippen LogP contribution in [0.3, 0.4) is 0 Å². The Morgan fingerprint density at radius 2 is 2.25 bits per heavy atom. The van der Waals surface area contributed by atoms with Crippen LogP contribution < -0.4 is 10.1 Å². The quantitative estimate of drug-likeness (QED) is 0.743. The van der Waals surface area contributed by atoms with Gasteiger partial charge in [-0.2, -0.15) is 0 Å². The molecule has 1 aromatic carbocycles. The molecule has 1 atom stereocenters. The molecule has 0 fully saturated rings. The van der Waals surface area contributed by atoms with Gasteiger partial charge in [0.1, 0.15) is 5.75 Å². The first-order valence-electron chi connectivity index (χ1n) is 5.65.